The molecule has 1 aliphatic rings. The van der Waals surface area contributed by atoms with Crippen LogP contribution >= 0.6 is 0 Å². The Morgan fingerprint density at radius 2 is 2.60 bits per heavy atom. The van der Waals surface area contributed by atoms with Crippen LogP contribution in [0.5, 0.6) is 0 Å². The number of nitrogens with one attached hydrogen (secondary N) is 2. The molecule has 0 radical (unpaired) electrons. The van der Waals surface area contributed by atoms with Gasteiger partial charge in [-0.15, -0.1) is 0 Å². The second kappa shape index (κ2) is 2.09. The molecular weight excluding hydrogens is 126 g/mol. The van der Waals surface area contributed by atoms with E-state index in [9.17, 15) is 0 Å². The van der Waals surface area contributed by atoms with Gasteiger partial charge in [-0.05, 0) is 11.5 Å². The van der Waals surface area contributed by atoms with E-state index in [2.05, 4.69) is 22.4 Å². The number of hydrogen-bond donors (Lipinski definition) is 2. The maximum Gasteiger partial charge on any atom is 0.0525 e. The van der Waals surface area contributed by atoms with Crippen molar-refractivity contribution in [1.29, 1.82) is 0 Å². The largest absolute Gasteiger partial charge is 0.311 e. The van der Waals surface area contributed by atoms with Gasteiger partial charge in [-0.25, -0.2) is 0 Å². The Balaban J connectivity index is 2.41. The van der Waals surface area contributed by atoms with E-state index in [4.69, 9.17) is 0 Å². The number of nitrogens with zero attached hydrogens (tertiary/aromatic N) is 1. The molecule has 1 aromatic rings. The van der Waals surface area contributed by atoms with Gasteiger partial charge in [0.2, 0.25) is 0 Å². The smallest absolute Gasteiger partial charge is 0.0525 e. The summed E-state index contributed by atoms with van der Waals surface area (Å²) >= 11 is 0. The first-order valence-corrected chi connectivity index (χ1v) is 3.61. The second-order valence-corrected chi connectivity index (χ2v) is 2.84. The minimum atomic E-state index is 0.613. The van der Waals surface area contributed by atoms with Gasteiger partial charge in [0.1, 0.15) is 0 Å². The molecule has 1 aromatic heterocycles. The zero-order chi connectivity index (χ0) is 6.97. The summed E-state index contributed by atoms with van der Waals surface area (Å²) in [6.07, 6.45) is 1.93. The molecule has 1 unspecified atom stereocenters. The van der Waals surface area contributed by atoms with Gasteiger partial charge in [0.05, 0.1) is 11.9 Å². The van der Waals surface area contributed by atoms with Crippen LogP contribution in [0.2, 0.25) is 0 Å². The van der Waals surface area contributed by atoms with Gasteiger partial charge >= 0.3 is 0 Å². The predicted octanol–water partition coefficient (Wildman–Crippen LogP) is 0.616. The molecule has 1 aliphatic heterocycles. The zero-order valence-electron chi connectivity index (χ0n) is 6.02. The monoisotopic (exact) mass is 137 g/mol. The van der Waals surface area contributed by atoms with Crippen LogP contribution in [0.25, 0.3) is 0 Å². The van der Waals surface area contributed by atoms with E-state index >= 15 is 0 Å². The highest BCUT2D eigenvalue weighted by atomic mass is 15.1. The van der Waals surface area contributed by atoms with E-state index < -0.39 is 0 Å². The molecule has 10 heavy (non-hydrogen) atoms. The van der Waals surface area contributed by atoms with Crippen LogP contribution in [0.15, 0.2) is 6.20 Å². The summed E-state index contributed by atoms with van der Waals surface area (Å²) in [6.45, 7) is 4.23. The fraction of sp³-hybridized carbons (Fsp3) is 0.571. The molecule has 0 amide bonds. The highest BCUT2D eigenvalue weighted by molar-refractivity contribution is 5.23. The predicted molar refractivity (Wildman–Crippen MR) is 38.7 cm³/mol. The zero-order valence-corrected chi connectivity index (χ0v) is 6.02. The van der Waals surface area contributed by atoms with Crippen molar-refractivity contribution in [3.05, 3.63) is 17.5 Å². The topological polar surface area (TPSA) is 40.7 Å². The van der Waals surface area contributed by atoms with Gasteiger partial charge in [0, 0.05) is 13.1 Å². The molecule has 0 saturated heterocycles. The summed E-state index contributed by atoms with van der Waals surface area (Å²) < 4.78 is 0. The van der Waals surface area contributed by atoms with Crippen molar-refractivity contribution >= 4 is 0 Å². The van der Waals surface area contributed by atoms with Crippen molar-refractivity contribution in [1.82, 2.24) is 15.5 Å². The molecule has 0 aliphatic carbocycles. The summed E-state index contributed by atoms with van der Waals surface area (Å²) in [6, 6.07) is 0. The molecule has 0 fully saturated rings. The van der Waals surface area contributed by atoms with Crippen LogP contribution in [0.1, 0.15) is 24.1 Å². The fourth-order valence-electron chi connectivity index (χ4n) is 1.41. The highest BCUT2D eigenvalue weighted by Crippen LogP contribution is 2.20. The van der Waals surface area contributed by atoms with E-state index in [-0.39, 0.29) is 0 Å². The molecule has 0 saturated carbocycles. The third-order valence-corrected chi connectivity index (χ3v) is 2.03. The van der Waals surface area contributed by atoms with E-state index in [1.165, 1.54) is 11.3 Å². The number of H-pyrrole nitrogens is 1. The quantitative estimate of drug-likeness (QED) is 0.550. The molecule has 2 N–H and O–H groups in total. The van der Waals surface area contributed by atoms with Crippen molar-refractivity contribution in [3.8, 4) is 0 Å². The van der Waals surface area contributed by atoms with Gasteiger partial charge in [0.25, 0.3) is 0 Å². The highest BCUT2D eigenvalue weighted by Gasteiger charge is 2.16. The van der Waals surface area contributed by atoms with Gasteiger partial charge in [-0.1, -0.05) is 6.92 Å². The minimum Gasteiger partial charge on any atom is -0.311 e. The summed E-state index contributed by atoms with van der Waals surface area (Å²) in [4.78, 5) is 0. The van der Waals surface area contributed by atoms with E-state index in [0.717, 1.165) is 13.1 Å². The maximum absolute atomic E-state index is 3.99. The lowest BCUT2D eigenvalue weighted by atomic mass is 9.99. The molecule has 0 bridgehead atoms. The van der Waals surface area contributed by atoms with Crippen molar-refractivity contribution < 1.29 is 0 Å². The summed E-state index contributed by atoms with van der Waals surface area (Å²) in [5.74, 6) is 0.613. The molecule has 3 nitrogen and oxygen atoms in total. The first-order chi connectivity index (χ1) is 4.88. The van der Waals surface area contributed by atoms with Crippen LogP contribution in [0.4, 0.5) is 0 Å². The second-order valence-electron chi connectivity index (χ2n) is 2.84. The number of aromatic amines is 1. The van der Waals surface area contributed by atoms with Crippen LogP contribution in [0.3, 0.4) is 0 Å². The molecule has 54 valence electrons. The summed E-state index contributed by atoms with van der Waals surface area (Å²) in [5.41, 5.74) is 2.62. The molecule has 1 atom stereocenters. The fourth-order valence-corrected chi connectivity index (χ4v) is 1.41. The van der Waals surface area contributed by atoms with Crippen LogP contribution in [-0.4, -0.2) is 16.7 Å². The molecule has 0 spiro atoms. The average molecular weight is 137 g/mol. The van der Waals surface area contributed by atoms with Crippen LogP contribution in [-0.2, 0) is 6.54 Å². The number of aromatic nitrogens is 2. The van der Waals surface area contributed by atoms with E-state index in [0.29, 0.717) is 5.92 Å². The lowest BCUT2D eigenvalue weighted by Gasteiger charge is -2.18. The van der Waals surface area contributed by atoms with Crippen LogP contribution < -0.4 is 5.32 Å². The van der Waals surface area contributed by atoms with Gasteiger partial charge in [-0.2, -0.15) is 5.10 Å². The maximum atomic E-state index is 3.99. The first kappa shape index (κ1) is 5.92. The Hall–Kier alpha value is -0.830. The standard InChI is InChI=1S/C7H11N3/c1-5-2-8-4-7-6(5)3-9-10-7/h3,5,8H,2,4H2,1H3,(H,9,10). The summed E-state index contributed by atoms with van der Waals surface area (Å²) in [7, 11) is 0. The molecule has 2 rings (SSSR count). The van der Waals surface area contributed by atoms with E-state index in [1.54, 1.807) is 0 Å². The first-order valence-electron chi connectivity index (χ1n) is 3.61. The third-order valence-electron chi connectivity index (χ3n) is 2.03. The lowest BCUT2D eigenvalue weighted by Crippen LogP contribution is -2.25. The molecular formula is C7H11N3. The normalized spacial score (nSPS) is 24.3. The van der Waals surface area contributed by atoms with Gasteiger partial charge < -0.3 is 5.32 Å². The molecule has 2 heterocycles. The van der Waals surface area contributed by atoms with Gasteiger partial charge in [-0.3, -0.25) is 5.10 Å². The average Bonchev–Trinajstić information content (AvgIpc) is 2.36. The molecule has 0 aromatic carbocycles. The Bertz CT molecular complexity index is 229. The Morgan fingerprint density at radius 3 is 3.40 bits per heavy atom. The Kier molecular flexibility index (Phi) is 1.24. The third kappa shape index (κ3) is 0.743. The SMILES string of the molecule is CC1CNCc2[nH]ncc21. The van der Waals surface area contributed by atoms with Crippen molar-refractivity contribution in [2.45, 2.75) is 19.4 Å². The van der Waals surface area contributed by atoms with Crippen molar-refractivity contribution in [2.75, 3.05) is 6.54 Å². The Labute approximate surface area is 59.8 Å². The number of fused-ring (bicyclic) bond motifs is 1. The lowest BCUT2D eigenvalue weighted by molar-refractivity contribution is 0.565. The number of hydrogen-bond acceptors (Lipinski definition) is 2. The minimum absolute atomic E-state index is 0.613. The van der Waals surface area contributed by atoms with E-state index in [1.807, 2.05) is 6.20 Å². The molecule has 3 heteroatoms. The van der Waals surface area contributed by atoms with Gasteiger partial charge in [0.15, 0.2) is 0 Å². The van der Waals surface area contributed by atoms with Crippen molar-refractivity contribution in [3.63, 3.8) is 0 Å². The summed E-state index contributed by atoms with van der Waals surface area (Å²) in [5, 5.41) is 10.3. The van der Waals surface area contributed by atoms with Crippen LogP contribution in [0, 0.1) is 0 Å². The number of rotatable bonds is 0. The Morgan fingerprint density at radius 1 is 1.70 bits per heavy atom. The van der Waals surface area contributed by atoms with Crippen molar-refractivity contribution in [2.24, 2.45) is 0 Å².